The van der Waals surface area contributed by atoms with Gasteiger partial charge in [-0.2, -0.15) is 0 Å². The van der Waals surface area contributed by atoms with Crippen LogP contribution in [0.2, 0.25) is 0 Å². The number of nitrogens with one attached hydrogen (secondary N) is 2. The minimum absolute atomic E-state index is 0. The Morgan fingerprint density at radius 3 is 2.70 bits per heavy atom. The molecule has 1 atom stereocenters. The van der Waals surface area contributed by atoms with Crippen LogP contribution in [0.25, 0.3) is 0 Å². The average Bonchev–Trinajstić information content (AvgIpc) is 2.86. The highest BCUT2D eigenvalue weighted by atomic mass is 35.5. The van der Waals surface area contributed by atoms with E-state index in [1.807, 2.05) is 31.2 Å². The van der Waals surface area contributed by atoms with Gasteiger partial charge in [0.15, 0.2) is 0 Å². The third-order valence-corrected chi connectivity index (χ3v) is 3.60. The molecule has 1 aromatic rings. The van der Waals surface area contributed by atoms with Crippen LogP contribution in [0.5, 0.6) is 0 Å². The van der Waals surface area contributed by atoms with Crippen molar-refractivity contribution >= 4 is 18.3 Å². The maximum atomic E-state index is 13.1. The average molecular weight is 349 g/mol. The van der Waals surface area contributed by atoms with Gasteiger partial charge < -0.3 is 10.1 Å². The van der Waals surface area contributed by atoms with E-state index in [0.717, 1.165) is 17.5 Å². The van der Waals surface area contributed by atoms with Crippen molar-refractivity contribution in [3.05, 3.63) is 35.4 Å². The molecular formula is C16H23ClF2N2O2. The highest BCUT2D eigenvalue weighted by Gasteiger charge is 2.42. The van der Waals surface area contributed by atoms with Crippen LogP contribution in [0.15, 0.2) is 24.3 Å². The molecule has 1 unspecified atom stereocenters. The lowest BCUT2D eigenvalue weighted by atomic mass is 10.1. The van der Waals surface area contributed by atoms with E-state index in [1.54, 1.807) is 0 Å². The molecule has 1 aromatic carbocycles. The van der Waals surface area contributed by atoms with Crippen molar-refractivity contribution in [1.29, 1.82) is 0 Å². The first-order chi connectivity index (χ1) is 10.5. The van der Waals surface area contributed by atoms with Gasteiger partial charge >= 0.3 is 0 Å². The summed E-state index contributed by atoms with van der Waals surface area (Å²) >= 11 is 0. The Morgan fingerprint density at radius 1 is 1.39 bits per heavy atom. The Bertz CT molecular complexity index is 515. The van der Waals surface area contributed by atoms with Gasteiger partial charge in [0.2, 0.25) is 5.91 Å². The largest absolute Gasteiger partial charge is 0.377 e. The molecule has 1 saturated heterocycles. The highest BCUT2D eigenvalue weighted by molar-refractivity contribution is 5.85. The van der Waals surface area contributed by atoms with Crippen LogP contribution in [0.4, 0.5) is 8.78 Å². The van der Waals surface area contributed by atoms with Crippen molar-refractivity contribution in [1.82, 2.24) is 10.6 Å². The lowest BCUT2D eigenvalue weighted by molar-refractivity contribution is -0.123. The van der Waals surface area contributed by atoms with Crippen LogP contribution in [-0.2, 0) is 22.7 Å². The number of hydrogen-bond donors (Lipinski definition) is 2. The summed E-state index contributed by atoms with van der Waals surface area (Å²) < 4.78 is 31.7. The second kappa shape index (κ2) is 9.15. The molecule has 1 heterocycles. The summed E-state index contributed by atoms with van der Waals surface area (Å²) in [4.78, 5) is 11.9. The summed E-state index contributed by atoms with van der Waals surface area (Å²) in [6.45, 7) is 3.08. The van der Waals surface area contributed by atoms with E-state index in [0.29, 0.717) is 19.8 Å². The van der Waals surface area contributed by atoms with Gasteiger partial charge in [0.05, 0.1) is 19.2 Å². The maximum absolute atomic E-state index is 13.1. The Balaban J connectivity index is 0.00000264. The maximum Gasteiger partial charge on any atom is 0.262 e. The molecule has 0 aliphatic carbocycles. The number of hydrogen-bond acceptors (Lipinski definition) is 3. The number of ether oxygens (including phenoxy) is 1. The van der Waals surface area contributed by atoms with E-state index in [2.05, 4.69) is 10.6 Å². The Kier molecular flexibility index (Phi) is 7.88. The first-order valence-electron chi connectivity index (χ1n) is 7.55. The first-order valence-corrected chi connectivity index (χ1v) is 7.55. The fourth-order valence-electron chi connectivity index (χ4n) is 2.40. The lowest BCUT2D eigenvalue weighted by Gasteiger charge is -2.14. The molecule has 1 fully saturated rings. The SMILES string of the molecule is CCCOCc1ccccc1CNC(=O)C1CC(F)(F)CN1.Cl. The van der Waals surface area contributed by atoms with Crippen molar-refractivity contribution in [2.75, 3.05) is 13.2 Å². The molecule has 7 heteroatoms. The van der Waals surface area contributed by atoms with Crippen molar-refractivity contribution in [3.63, 3.8) is 0 Å². The Hall–Kier alpha value is -1.24. The second-order valence-electron chi connectivity index (χ2n) is 5.53. The highest BCUT2D eigenvalue weighted by Crippen LogP contribution is 2.25. The van der Waals surface area contributed by atoms with E-state index in [4.69, 9.17) is 4.74 Å². The van der Waals surface area contributed by atoms with Crippen LogP contribution < -0.4 is 10.6 Å². The molecule has 1 aliphatic heterocycles. The summed E-state index contributed by atoms with van der Waals surface area (Å²) in [6.07, 6.45) is 0.501. The molecule has 23 heavy (non-hydrogen) atoms. The van der Waals surface area contributed by atoms with Gasteiger partial charge in [-0.15, -0.1) is 12.4 Å². The standard InChI is InChI=1S/C16H22F2N2O2.ClH/c1-2-7-22-10-13-6-4-3-5-12(13)9-19-15(21)14-8-16(17,18)11-20-14;/h3-6,14,20H,2,7-11H2,1H3,(H,19,21);1H. The number of carbonyl (C=O) groups excluding carboxylic acids is 1. The van der Waals surface area contributed by atoms with Crippen LogP contribution >= 0.6 is 12.4 Å². The molecule has 1 aliphatic rings. The van der Waals surface area contributed by atoms with Gasteiger partial charge in [-0.3, -0.25) is 10.1 Å². The molecule has 130 valence electrons. The van der Waals surface area contributed by atoms with E-state index >= 15 is 0 Å². The summed E-state index contributed by atoms with van der Waals surface area (Å²) in [7, 11) is 0. The zero-order valence-electron chi connectivity index (χ0n) is 13.1. The van der Waals surface area contributed by atoms with Gasteiger partial charge in [0, 0.05) is 19.6 Å². The summed E-state index contributed by atoms with van der Waals surface area (Å²) in [5, 5.41) is 5.27. The zero-order chi connectivity index (χ0) is 16.0. The summed E-state index contributed by atoms with van der Waals surface area (Å²) in [6, 6.07) is 6.82. The number of alkyl halides is 2. The molecular weight excluding hydrogens is 326 g/mol. The number of halogens is 3. The zero-order valence-corrected chi connectivity index (χ0v) is 13.9. The quantitative estimate of drug-likeness (QED) is 0.745. The monoisotopic (exact) mass is 348 g/mol. The van der Waals surface area contributed by atoms with Crippen molar-refractivity contribution in [2.45, 2.75) is 44.9 Å². The van der Waals surface area contributed by atoms with Crippen molar-refractivity contribution in [3.8, 4) is 0 Å². The predicted molar refractivity (Wildman–Crippen MR) is 86.8 cm³/mol. The molecule has 0 radical (unpaired) electrons. The first kappa shape index (κ1) is 19.8. The smallest absolute Gasteiger partial charge is 0.262 e. The van der Waals surface area contributed by atoms with Gasteiger partial charge in [-0.25, -0.2) is 8.78 Å². The Labute approximate surface area is 141 Å². The Morgan fingerprint density at radius 2 is 2.09 bits per heavy atom. The molecule has 0 spiro atoms. The predicted octanol–water partition coefficient (Wildman–Crippen LogP) is 2.65. The summed E-state index contributed by atoms with van der Waals surface area (Å²) in [5.41, 5.74) is 1.94. The number of benzene rings is 1. The molecule has 1 amide bonds. The number of rotatable bonds is 7. The van der Waals surface area contributed by atoms with Crippen molar-refractivity contribution < 1.29 is 18.3 Å². The van der Waals surface area contributed by atoms with Gasteiger partial charge in [0.25, 0.3) is 5.92 Å². The minimum atomic E-state index is -2.80. The fraction of sp³-hybridized carbons (Fsp3) is 0.562. The van der Waals surface area contributed by atoms with E-state index < -0.39 is 24.9 Å². The molecule has 0 bridgehead atoms. The lowest BCUT2D eigenvalue weighted by Crippen LogP contribution is -2.40. The second-order valence-corrected chi connectivity index (χ2v) is 5.53. The molecule has 4 nitrogen and oxygen atoms in total. The molecule has 0 aromatic heterocycles. The van der Waals surface area contributed by atoms with E-state index in [1.165, 1.54) is 0 Å². The van der Waals surface area contributed by atoms with Gasteiger partial charge in [-0.1, -0.05) is 31.2 Å². The van der Waals surface area contributed by atoms with E-state index in [-0.39, 0.29) is 18.3 Å². The van der Waals surface area contributed by atoms with Crippen molar-refractivity contribution in [2.24, 2.45) is 0 Å². The van der Waals surface area contributed by atoms with E-state index in [9.17, 15) is 13.6 Å². The van der Waals surface area contributed by atoms with Crippen LogP contribution in [0.1, 0.15) is 30.9 Å². The number of carbonyl (C=O) groups is 1. The topological polar surface area (TPSA) is 50.4 Å². The summed E-state index contributed by atoms with van der Waals surface area (Å²) in [5.74, 6) is -3.19. The van der Waals surface area contributed by atoms with Gasteiger partial charge in [-0.05, 0) is 17.5 Å². The minimum Gasteiger partial charge on any atom is -0.377 e. The van der Waals surface area contributed by atoms with Gasteiger partial charge in [0.1, 0.15) is 0 Å². The molecule has 2 N–H and O–H groups in total. The molecule has 0 saturated carbocycles. The van der Waals surface area contributed by atoms with Crippen LogP contribution in [-0.4, -0.2) is 31.0 Å². The third-order valence-electron chi connectivity index (χ3n) is 3.60. The van der Waals surface area contributed by atoms with Crippen LogP contribution in [0, 0.1) is 0 Å². The molecule has 2 rings (SSSR count). The fourth-order valence-corrected chi connectivity index (χ4v) is 2.40. The number of amides is 1. The normalized spacial score (nSPS) is 19.2. The third kappa shape index (κ3) is 6.05. The van der Waals surface area contributed by atoms with Crippen LogP contribution in [0.3, 0.4) is 0 Å².